The molecule has 0 aromatic rings. The van der Waals surface area contributed by atoms with Crippen molar-refractivity contribution in [3.8, 4) is 0 Å². The molecule has 4 atom stereocenters. The van der Waals surface area contributed by atoms with Crippen molar-refractivity contribution in [1.29, 1.82) is 0 Å². The Bertz CT molecular complexity index is 1240. The minimum Gasteiger partial charge on any atom is -0.466 e. The molecular formula is C41H68O7Si2. The minimum atomic E-state index is -2.29. The summed E-state index contributed by atoms with van der Waals surface area (Å²) in [5.41, 5.74) is 3.14. The van der Waals surface area contributed by atoms with Crippen molar-refractivity contribution < 1.29 is 32.7 Å². The van der Waals surface area contributed by atoms with E-state index >= 15 is 0 Å². The number of ketones is 1. The first kappa shape index (κ1) is 45.4. The zero-order valence-electron chi connectivity index (χ0n) is 33.4. The van der Waals surface area contributed by atoms with E-state index in [1.165, 1.54) is 19.3 Å². The number of carbonyl (C=O) groups excluding carboxylic acids is 3. The molecular weight excluding hydrogens is 661 g/mol. The summed E-state index contributed by atoms with van der Waals surface area (Å²) in [4.78, 5) is 37.6. The Morgan fingerprint density at radius 2 is 1.56 bits per heavy atom. The van der Waals surface area contributed by atoms with Crippen LogP contribution < -0.4 is 0 Å². The standard InChI is InChI=1S/C41H68O7Si2/c1-30(2)50(31(3)4,32(5)6)48-38-26-25-36(42)21-17-15-19-23-41(44)46-39(35(9)28-34(8)24-27-40(43)45-10)29-33(7)20-16-14-18-22-37(38)47-49(11,12)13/h14,16,19-20,23-28,30-32,35,37-39H,15,17-18,21-22,29H2,1-13H3/b16-14+,23-19+,26-25+,27-24+,33-20+,34-28+/t35-,37+,38+,39-/m0/s1. The van der Waals surface area contributed by atoms with Crippen LogP contribution in [0.4, 0.5) is 0 Å². The van der Waals surface area contributed by atoms with Gasteiger partial charge in [-0.2, -0.15) is 0 Å². The number of allylic oxidation sites excluding steroid dienone is 7. The first-order chi connectivity index (χ1) is 23.3. The van der Waals surface area contributed by atoms with Crippen LogP contribution in [0.2, 0.25) is 36.3 Å². The van der Waals surface area contributed by atoms with Crippen molar-refractivity contribution in [3.63, 3.8) is 0 Å². The summed E-state index contributed by atoms with van der Waals surface area (Å²) in [6.07, 6.45) is 21.1. The first-order valence-electron chi connectivity index (χ1n) is 18.5. The van der Waals surface area contributed by atoms with E-state index in [2.05, 4.69) is 79.4 Å². The number of hydrogen-bond acceptors (Lipinski definition) is 7. The van der Waals surface area contributed by atoms with Crippen molar-refractivity contribution >= 4 is 34.4 Å². The van der Waals surface area contributed by atoms with Gasteiger partial charge in [-0.15, -0.1) is 0 Å². The minimum absolute atomic E-state index is 0.0412. The quantitative estimate of drug-likeness (QED) is 0.0905. The second kappa shape index (κ2) is 22.4. The summed E-state index contributed by atoms with van der Waals surface area (Å²) in [6, 6.07) is 0. The molecule has 282 valence electrons. The molecule has 50 heavy (non-hydrogen) atoms. The van der Waals surface area contributed by atoms with E-state index in [-0.39, 0.29) is 23.9 Å². The lowest BCUT2D eigenvalue weighted by atomic mass is 9.95. The molecule has 0 saturated heterocycles. The summed E-state index contributed by atoms with van der Waals surface area (Å²) >= 11 is 0. The van der Waals surface area contributed by atoms with E-state index in [0.717, 1.165) is 24.0 Å². The molecule has 0 N–H and O–H groups in total. The summed E-state index contributed by atoms with van der Waals surface area (Å²) < 4.78 is 24.8. The van der Waals surface area contributed by atoms with Gasteiger partial charge in [-0.1, -0.05) is 102 Å². The van der Waals surface area contributed by atoms with Crippen LogP contribution in [0.1, 0.15) is 101 Å². The van der Waals surface area contributed by atoms with E-state index in [9.17, 15) is 14.4 Å². The van der Waals surface area contributed by atoms with Gasteiger partial charge in [0.2, 0.25) is 8.32 Å². The highest BCUT2D eigenvalue weighted by molar-refractivity contribution is 6.77. The highest BCUT2D eigenvalue weighted by Crippen LogP contribution is 2.44. The summed E-state index contributed by atoms with van der Waals surface area (Å²) in [6.45, 7) is 26.3. The molecule has 0 aliphatic carbocycles. The number of carbonyl (C=O) groups is 3. The molecule has 1 heterocycles. The Morgan fingerprint density at radius 3 is 2.14 bits per heavy atom. The smallest absolute Gasteiger partial charge is 0.330 e. The zero-order valence-corrected chi connectivity index (χ0v) is 35.4. The maximum atomic E-state index is 13.1. The summed E-state index contributed by atoms with van der Waals surface area (Å²) in [7, 11) is -2.91. The summed E-state index contributed by atoms with van der Waals surface area (Å²) in [5, 5.41) is 0. The number of hydrogen-bond donors (Lipinski definition) is 0. The normalized spacial score (nSPS) is 25.2. The molecule has 0 aromatic heterocycles. The second-order valence-electron chi connectivity index (χ2n) is 15.6. The van der Waals surface area contributed by atoms with Gasteiger partial charge < -0.3 is 18.3 Å². The number of esters is 2. The SMILES string of the molecule is COC(=O)/C=C/C(C)=C/[C@H](C)[C@@H]1C/C(C)=C/C=C/CC[C@@H](O[Si](C)(C)C)[C@H](O[Si](C(C)C)(C(C)C)C(C)C)/C=C/C(=O)CCC/C=C/C(=O)O1. The van der Waals surface area contributed by atoms with Crippen LogP contribution in [0.5, 0.6) is 0 Å². The average molecular weight is 729 g/mol. The Hall–Kier alpha value is -2.60. The van der Waals surface area contributed by atoms with Crippen LogP contribution in [0.25, 0.3) is 0 Å². The predicted octanol–water partition coefficient (Wildman–Crippen LogP) is 10.5. The van der Waals surface area contributed by atoms with Gasteiger partial charge in [0.1, 0.15) is 6.10 Å². The number of cyclic esters (lactones) is 1. The number of rotatable bonds is 11. The van der Waals surface area contributed by atoms with Gasteiger partial charge in [0.05, 0.1) is 19.3 Å². The first-order valence-corrected chi connectivity index (χ1v) is 24.1. The molecule has 9 heteroatoms. The van der Waals surface area contributed by atoms with Crippen LogP contribution in [-0.2, 0) is 32.7 Å². The molecule has 0 aromatic carbocycles. The van der Waals surface area contributed by atoms with Gasteiger partial charge in [-0.05, 0) is 81.9 Å². The molecule has 0 fully saturated rings. The van der Waals surface area contributed by atoms with Crippen LogP contribution in [0, 0.1) is 5.92 Å². The molecule has 0 saturated carbocycles. The van der Waals surface area contributed by atoms with Crippen molar-refractivity contribution in [2.24, 2.45) is 5.92 Å². The third kappa shape index (κ3) is 16.6. The van der Waals surface area contributed by atoms with Gasteiger partial charge >= 0.3 is 11.9 Å². The lowest BCUT2D eigenvalue weighted by Gasteiger charge is -2.46. The van der Waals surface area contributed by atoms with Gasteiger partial charge in [-0.25, -0.2) is 9.59 Å². The van der Waals surface area contributed by atoms with E-state index in [4.69, 9.17) is 18.3 Å². The van der Waals surface area contributed by atoms with E-state index in [1.54, 1.807) is 18.2 Å². The maximum Gasteiger partial charge on any atom is 0.330 e. The van der Waals surface area contributed by atoms with Crippen LogP contribution >= 0.6 is 0 Å². The molecule has 0 unspecified atom stereocenters. The number of ether oxygens (including phenoxy) is 2. The highest BCUT2D eigenvalue weighted by Gasteiger charge is 2.47. The van der Waals surface area contributed by atoms with Gasteiger partial charge in [0, 0.05) is 30.9 Å². The Morgan fingerprint density at radius 1 is 0.920 bits per heavy atom. The van der Waals surface area contributed by atoms with Gasteiger partial charge in [-0.3, -0.25) is 4.79 Å². The second-order valence-corrected chi connectivity index (χ2v) is 25.5. The lowest BCUT2D eigenvalue weighted by molar-refractivity contribution is -0.144. The Balaban J connectivity index is 3.52. The Kier molecular flexibility index (Phi) is 20.3. The summed E-state index contributed by atoms with van der Waals surface area (Å²) in [5.74, 6) is -0.910. The largest absolute Gasteiger partial charge is 0.466 e. The molecule has 7 nitrogen and oxygen atoms in total. The van der Waals surface area contributed by atoms with Gasteiger partial charge in [0.15, 0.2) is 14.1 Å². The fraction of sp³-hybridized carbons (Fsp3) is 0.634. The Labute approximate surface area is 306 Å². The zero-order chi connectivity index (χ0) is 38.1. The number of methoxy groups -OCH3 is 1. The van der Waals surface area contributed by atoms with E-state index in [1.807, 2.05) is 32.9 Å². The van der Waals surface area contributed by atoms with E-state index < -0.39 is 34.7 Å². The molecule has 0 radical (unpaired) electrons. The lowest BCUT2D eigenvalue weighted by Crippen LogP contribution is -2.53. The van der Waals surface area contributed by atoms with Crippen LogP contribution in [-0.4, -0.2) is 59.8 Å². The van der Waals surface area contributed by atoms with Crippen molar-refractivity contribution in [2.75, 3.05) is 7.11 Å². The molecule has 1 rings (SSSR count). The maximum absolute atomic E-state index is 13.1. The molecule has 1 aliphatic rings. The average Bonchev–Trinajstić information content (AvgIpc) is 3.00. The molecule has 0 bridgehead atoms. The van der Waals surface area contributed by atoms with Crippen molar-refractivity contribution in [2.45, 2.75) is 155 Å². The van der Waals surface area contributed by atoms with Crippen molar-refractivity contribution in [3.05, 3.63) is 71.9 Å². The van der Waals surface area contributed by atoms with Crippen LogP contribution in [0.15, 0.2) is 71.9 Å². The fourth-order valence-corrected chi connectivity index (χ4v) is 13.5. The molecule has 0 amide bonds. The van der Waals surface area contributed by atoms with Crippen molar-refractivity contribution in [1.82, 2.24) is 0 Å². The third-order valence-electron chi connectivity index (χ3n) is 9.16. The topological polar surface area (TPSA) is 88.1 Å². The van der Waals surface area contributed by atoms with E-state index in [0.29, 0.717) is 42.3 Å². The van der Waals surface area contributed by atoms with Gasteiger partial charge in [0.25, 0.3) is 0 Å². The third-order valence-corrected chi connectivity index (χ3v) is 16.3. The predicted molar refractivity (Wildman–Crippen MR) is 212 cm³/mol. The monoisotopic (exact) mass is 728 g/mol. The molecule has 1 aliphatic heterocycles. The fourth-order valence-electron chi connectivity index (χ4n) is 6.83. The highest BCUT2D eigenvalue weighted by atomic mass is 28.4. The molecule has 0 spiro atoms. The van der Waals surface area contributed by atoms with Crippen LogP contribution in [0.3, 0.4) is 0 Å².